The molecule has 11 heteroatoms. The van der Waals surface area contributed by atoms with Crippen molar-refractivity contribution in [3.63, 3.8) is 0 Å². The Morgan fingerprint density at radius 1 is 1.17 bits per heavy atom. The fourth-order valence-electron chi connectivity index (χ4n) is 3.08. The number of nitrogens with two attached hydrogens (primary N) is 2. The summed E-state index contributed by atoms with van der Waals surface area (Å²) in [4.78, 5) is 26.9. The van der Waals surface area contributed by atoms with Crippen LogP contribution in [0.4, 0.5) is 5.82 Å². The zero-order valence-corrected chi connectivity index (χ0v) is 15.9. The third kappa shape index (κ3) is 4.24. The SMILES string of the molecule is NC(=O)CNC(=O)c1ccc(Cn2cc(Cc3cc(N)nc4[nH]nnc34)cn2)cc1. The van der Waals surface area contributed by atoms with Gasteiger partial charge in [0.2, 0.25) is 5.91 Å². The van der Waals surface area contributed by atoms with E-state index in [-0.39, 0.29) is 12.5 Å². The first kappa shape index (κ1) is 19.1. The first-order valence-corrected chi connectivity index (χ1v) is 9.11. The standard InChI is InChI=1S/C19H19N9O2/c20-15-6-14(17-18(24-15)26-27-25-17)5-12-7-23-28(10-12)9-11-1-3-13(4-2-11)19(30)22-8-16(21)29/h1-4,6-7,10H,5,8-9H2,(H2,21,29)(H,22,30)(H3,20,24,25,26,27). The van der Waals surface area contributed by atoms with E-state index in [4.69, 9.17) is 11.5 Å². The van der Waals surface area contributed by atoms with Crippen LogP contribution in [0.15, 0.2) is 42.7 Å². The Morgan fingerprint density at radius 2 is 1.97 bits per heavy atom. The molecule has 0 unspecified atom stereocenters. The van der Waals surface area contributed by atoms with Gasteiger partial charge in [0.15, 0.2) is 5.65 Å². The van der Waals surface area contributed by atoms with Gasteiger partial charge in [-0.2, -0.15) is 5.10 Å². The minimum Gasteiger partial charge on any atom is -0.384 e. The zero-order chi connectivity index (χ0) is 21.1. The minimum absolute atomic E-state index is 0.194. The molecule has 30 heavy (non-hydrogen) atoms. The quantitative estimate of drug-likeness (QED) is 0.335. The predicted octanol–water partition coefficient (Wildman–Crippen LogP) is -0.0142. The van der Waals surface area contributed by atoms with Gasteiger partial charge < -0.3 is 16.8 Å². The van der Waals surface area contributed by atoms with Gasteiger partial charge in [-0.1, -0.05) is 17.3 Å². The number of aromatic amines is 1. The van der Waals surface area contributed by atoms with Gasteiger partial charge in [-0.05, 0) is 34.9 Å². The van der Waals surface area contributed by atoms with Crippen LogP contribution in [0.5, 0.6) is 0 Å². The molecule has 0 atom stereocenters. The molecule has 11 nitrogen and oxygen atoms in total. The number of hydrogen-bond donors (Lipinski definition) is 4. The number of nitrogens with zero attached hydrogens (tertiary/aromatic N) is 5. The second kappa shape index (κ2) is 7.99. The predicted molar refractivity (Wildman–Crippen MR) is 108 cm³/mol. The minimum atomic E-state index is -0.590. The molecule has 2 amide bonds. The molecule has 3 aromatic heterocycles. The molecule has 4 rings (SSSR count). The number of fused-ring (bicyclic) bond motifs is 1. The summed E-state index contributed by atoms with van der Waals surface area (Å²) in [6.07, 6.45) is 4.32. The maximum atomic E-state index is 11.9. The van der Waals surface area contributed by atoms with E-state index in [1.807, 2.05) is 23.0 Å². The van der Waals surface area contributed by atoms with E-state index in [1.165, 1.54) is 0 Å². The number of aromatic nitrogens is 6. The Bertz CT molecular complexity index is 1210. The lowest BCUT2D eigenvalue weighted by Crippen LogP contribution is -2.33. The Labute approximate surface area is 170 Å². The summed E-state index contributed by atoms with van der Waals surface area (Å²) in [5.74, 6) is -0.540. The Kier molecular flexibility index (Phi) is 5.08. The molecule has 0 fully saturated rings. The highest BCUT2D eigenvalue weighted by molar-refractivity contribution is 5.96. The lowest BCUT2D eigenvalue weighted by molar-refractivity contribution is -0.117. The maximum Gasteiger partial charge on any atom is 0.251 e. The fourth-order valence-corrected chi connectivity index (χ4v) is 3.08. The molecule has 0 spiro atoms. The van der Waals surface area contributed by atoms with Crippen molar-refractivity contribution in [2.45, 2.75) is 13.0 Å². The normalized spacial score (nSPS) is 10.9. The highest BCUT2D eigenvalue weighted by Gasteiger charge is 2.11. The molecule has 3 heterocycles. The molecule has 0 aliphatic rings. The molecular formula is C19H19N9O2. The van der Waals surface area contributed by atoms with Gasteiger partial charge in [0.05, 0.1) is 19.3 Å². The van der Waals surface area contributed by atoms with Gasteiger partial charge in [-0.15, -0.1) is 5.10 Å². The van der Waals surface area contributed by atoms with Crippen molar-refractivity contribution in [3.05, 3.63) is 65.0 Å². The first-order chi connectivity index (χ1) is 14.5. The van der Waals surface area contributed by atoms with E-state index in [0.717, 1.165) is 16.7 Å². The van der Waals surface area contributed by atoms with Crippen molar-refractivity contribution in [1.82, 2.24) is 35.5 Å². The molecular weight excluding hydrogens is 386 g/mol. The van der Waals surface area contributed by atoms with Crippen LogP contribution in [0, 0.1) is 0 Å². The summed E-state index contributed by atoms with van der Waals surface area (Å²) in [5.41, 5.74) is 15.5. The maximum absolute atomic E-state index is 11.9. The third-order valence-corrected chi connectivity index (χ3v) is 4.46. The van der Waals surface area contributed by atoms with Gasteiger partial charge in [0, 0.05) is 18.2 Å². The smallest absolute Gasteiger partial charge is 0.251 e. The molecule has 0 aliphatic carbocycles. The van der Waals surface area contributed by atoms with Gasteiger partial charge in [0.1, 0.15) is 11.3 Å². The highest BCUT2D eigenvalue weighted by atomic mass is 16.2. The number of primary amides is 1. The first-order valence-electron chi connectivity index (χ1n) is 9.11. The topological polar surface area (TPSA) is 170 Å². The molecule has 1 aromatic carbocycles. The number of carbonyl (C=O) groups is 2. The average molecular weight is 405 g/mol. The van der Waals surface area contributed by atoms with E-state index in [9.17, 15) is 9.59 Å². The van der Waals surface area contributed by atoms with Gasteiger partial charge in [-0.3, -0.25) is 14.3 Å². The molecule has 6 N–H and O–H groups in total. The molecule has 0 saturated heterocycles. The average Bonchev–Trinajstić information content (AvgIpc) is 3.36. The zero-order valence-electron chi connectivity index (χ0n) is 15.9. The van der Waals surface area contributed by atoms with Crippen molar-refractivity contribution in [1.29, 1.82) is 0 Å². The summed E-state index contributed by atoms with van der Waals surface area (Å²) < 4.78 is 1.81. The van der Waals surface area contributed by atoms with Crippen molar-refractivity contribution in [3.8, 4) is 0 Å². The molecule has 0 saturated carbocycles. The summed E-state index contributed by atoms with van der Waals surface area (Å²) >= 11 is 0. The van der Waals surface area contributed by atoms with Crippen LogP contribution in [0.3, 0.4) is 0 Å². The van der Waals surface area contributed by atoms with Crippen LogP contribution in [0.2, 0.25) is 0 Å². The van der Waals surface area contributed by atoms with Crippen molar-refractivity contribution in [2.75, 3.05) is 12.3 Å². The number of hydrogen-bond acceptors (Lipinski definition) is 7. The van der Waals surface area contributed by atoms with Crippen LogP contribution >= 0.6 is 0 Å². The number of rotatable bonds is 7. The third-order valence-electron chi connectivity index (χ3n) is 4.46. The number of pyridine rings is 1. The van der Waals surface area contributed by atoms with Crippen molar-refractivity contribution < 1.29 is 9.59 Å². The second-order valence-electron chi connectivity index (χ2n) is 6.78. The van der Waals surface area contributed by atoms with Gasteiger partial charge in [-0.25, -0.2) is 10.1 Å². The summed E-state index contributed by atoms with van der Waals surface area (Å²) in [6.45, 7) is 0.349. The monoisotopic (exact) mass is 405 g/mol. The number of anilines is 1. The second-order valence-corrected chi connectivity index (χ2v) is 6.78. The largest absolute Gasteiger partial charge is 0.384 e. The van der Waals surface area contributed by atoms with E-state index < -0.39 is 5.91 Å². The lowest BCUT2D eigenvalue weighted by Gasteiger charge is -2.05. The summed E-state index contributed by atoms with van der Waals surface area (Å²) in [7, 11) is 0. The lowest BCUT2D eigenvalue weighted by atomic mass is 10.1. The van der Waals surface area contributed by atoms with E-state index >= 15 is 0 Å². The van der Waals surface area contributed by atoms with E-state index in [1.54, 1.807) is 24.4 Å². The Balaban J connectivity index is 1.42. The Morgan fingerprint density at radius 3 is 2.73 bits per heavy atom. The number of amides is 2. The molecule has 0 aliphatic heterocycles. The molecule has 4 aromatic rings. The van der Waals surface area contributed by atoms with Crippen molar-refractivity contribution in [2.24, 2.45) is 5.73 Å². The molecule has 0 radical (unpaired) electrons. The number of nitrogens with one attached hydrogen (secondary N) is 2. The number of H-pyrrole nitrogens is 1. The van der Waals surface area contributed by atoms with Crippen LogP contribution in [0.25, 0.3) is 11.2 Å². The van der Waals surface area contributed by atoms with Crippen LogP contribution in [-0.2, 0) is 17.8 Å². The number of nitrogen functional groups attached to an aromatic ring is 1. The molecule has 152 valence electrons. The van der Waals surface area contributed by atoms with E-state index in [0.29, 0.717) is 35.5 Å². The van der Waals surface area contributed by atoms with Crippen LogP contribution in [0.1, 0.15) is 27.0 Å². The van der Waals surface area contributed by atoms with Gasteiger partial charge in [0.25, 0.3) is 5.91 Å². The van der Waals surface area contributed by atoms with Gasteiger partial charge >= 0.3 is 0 Å². The summed E-state index contributed by atoms with van der Waals surface area (Å²) in [5, 5.41) is 17.4. The Hall–Kier alpha value is -4.28. The van der Waals surface area contributed by atoms with Crippen LogP contribution < -0.4 is 16.8 Å². The number of benzene rings is 1. The number of carbonyl (C=O) groups excluding carboxylic acids is 2. The van der Waals surface area contributed by atoms with E-state index in [2.05, 4.69) is 30.8 Å². The fraction of sp³-hybridized carbons (Fsp3) is 0.158. The summed E-state index contributed by atoms with van der Waals surface area (Å²) in [6, 6.07) is 8.84. The van der Waals surface area contributed by atoms with Crippen molar-refractivity contribution >= 4 is 28.8 Å². The molecule has 0 bridgehead atoms. The highest BCUT2D eigenvalue weighted by Crippen LogP contribution is 2.19. The van der Waals surface area contributed by atoms with Crippen LogP contribution in [-0.4, -0.2) is 48.5 Å².